The Morgan fingerprint density at radius 2 is 1.73 bits per heavy atom. The summed E-state index contributed by atoms with van der Waals surface area (Å²) in [5, 5.41) is 2.81. The van der Waals surface area contributed by atoms with E-state index in [0.717, 1.165) is 12.8 Å². The zero-order valence-corrected chi connectivity index (χ0v) is 14.8. The predicted octanol–water partition coefficient (Wildman–Crippen LogP) is 3.09. The van der Waals surface area contributed by atoms with Gasteiger partial charge in [-0.25, -0.2) is 8.42 Å². The quantitative estimate of drug-likeness (QED) is 0.837. The molecule has 22 heavy (non-hydrogen) atoms. The summed E-state index contributed by atoms with van der Waals surface area (Å²) in [5.74, 6) is -0.0998. The fourth-order valence-electron chi connectivity index (χ4n) is 1.98. The molecule has 5 nitrogen and oxygen atoms in total. The molecule has 0 fully saturated rings. The van der Waals surface area contributed by atoms with Gasteiger partial charge in [-0.2, -0.15) is 4.31 Å². The van der Waals surface area contributed by atoms with Crippen LogP contribution in [-0.4, -0.2) is 31.7 Å². The standard InChI is InChI=1S/C16H26N2O3S/c1-6-7-13(4)16(19)17-14-8-10-15(11-9-14)22(20,21)18(5)12(2)3/h8-13H,6-7H2,1-5H3,(H,17,19). The van der Waals surface area contributed by atoms with E-state index in [9.17, 15) is 13.2 Å². The van der Waals surface area contributed by atoms with Crippen LogP contribution >= 0.6 is 0 Å². The van der Waals surface area contributed by atoms with E-state index >= 15 is 0 Å². The average Bonchev–Trinajstić information content (AvgIpc) is 2.47. The zero-order valence-electron chi connectivity index (χ0n) is 14.0. The van der Waals surface area contributed by atoms with Crippen LogP contribution in [0.2, 0.25) is 0 Å². The maximum absolute atomic E-state index is 12.3. The minimum Gasteiger partial charge on any atom is -0.326 e. The van der Waals surface area contributed by atoms with Gasteiger partial charge in [0.2, 0.25) is 15.9 Å². The highest BCUT2D eigenvalue weighted by atomic mass is 32.2. The van der Waals surface area contributed by atoms with Crippen molar-refractivity contribution in [3.8, 4) is 0 Å². The molecule has 1 unspecified atom stereocenters. The molecule has 124 valence electrons. The van der Waals surface area contributed by atoms with Crippen LogP contribution in [0.15, 0.2) is 29.2 Å². The minimum atomic E-state index is -3.49. The van der Waals surface area contributed by atoms with Crippen LogP contribution in [0, 0.1) is 5.92 Å². The molecule has 1 aromatic rings. The highest BCUT2D eigenvalue weighted by Crippen LogP contribution is 2.19. The summed E-state index contributed by atoms with van der Waals surface area (Å²) in [6.45, 7) is 7.56. The molecule has 0 spiro atoms. The molecular formula is C16H26N2O3S. The number of hydrogen-bond acceptors (Lipinski definition) is 3. The van der Waals surface area contributed by atoms with E-state index in [1.54, 1.807) is 19.2 Å². The molecule has 1 atom stereocenters. The SMILES string of the molecule is CCCC(C)C(=O)Nc1ccc(S(=O)(=O)N(C)C(C)C)cc1. The maximum atomic E-state index is 12.3. The summed E-state index contributed by atoms with van der Waals surface area (Å²) >= 11 is 0. The fourth-order valence-corrected chi connectivity index (χ4v) is 3.35. The van der Waals surface area contributed by atoms with Gasteiger partial charge in [-0.3, -0.25) is 4.79 Å². The lowest BCUT2D eigenvalue weighted by Gasteiger charge is -2.21. The molecule has 0 saturated heterocycles. The molecule has 0 radical (unpaired) electrons. The van der Waals surface area contributed by atoms with Gasteiger partial charge in [0.15, 0.2) is 0 Å². The molecule has 0 aromatic heterocycles. The van der Waals surface area contributed by atoms with Crippen LogP contribution in [0.3, 0.4) is 0 Å². The van der Waals surface area contributed by atoms with E-state index in [1.807, 2.05) is 27.7 Å². The number of hydrogen-bond donors (Lipinski definition) is 1. The van der Waals surface area contributed by atoms with Crippen molar-refractivity contribution >= 4 is 21.6 Å². The summed E-state index contributed by atoms with van der Waals surface area (Å²) in [4.78, 5) is 12.2. The molecule has 0 saturated carbocycles. The largest absolute Gasteiger partial charge is 0.326 e. The van der Waals surface area contributed by atoms with E-state index in [4.69, 9.17) is 0 Å². The third-order valence-corrected chi connectivity index (χ3v) is 5.74. The lowest BCUT2D eigenvalue weighted by Crippen LogP contribution is -2.33. The third kappa shape index (κ3) is 4.55. The van der Waals surface area contributed by atoms with Gasteiger partial charge in [0, 0.05) is 24.7 Å². The first-order valence-corrected chi connectivity index (χ1v) is 9.03. The number of nitrogens with zero attached hydrogens (tertiary/aromatic N) is 1. The molecule has 1 aromatic carbocycles. The normalized spacial score (nSPS) is 13.4. The number of carbonyl (C=O) groups is 1. The summed E-state index contributed by atoms with van der Waals surface area (Å²) in [5.41, 5.74) is 0.610. The van der Waals surface area contributed by atoms with Gasteiger partial charge in [-0.15, -0.1) is 0 Å². The Labute approximate surface area is 133 Å². The Morgan fingerprint density at radius 3 is 2.18 bits per heavy atom. The molecule has 0 aliphatic carbocycles. The molecule has 0 bridgehead atoms. The summed E-state index contributed by atoms with van der Waals surface area (Å²) < 4.78 is 26.0. The molecule has 1 rings (SSSR count). The number of carbonyl (C=O) groups excluding carboxylic acids is 1. The highest BCUT2D eigenvalue weighted by Gasteiger charge is 2.23. The minimum absolute atomic E-state index is 0.0447. The Balaban J connectivity index is 2.85. The Kier molecular flexibility index (Phi) is 6.56. The summed E-state index contributed by atoms with van der Waals surface area (Å²) in [7, 11) is -1.93. The lowest BCUT2D eigenvalue weighted by atomic mass is 10.1. The third-order valence-electron chi connectivity index (χ3n) is 3.70. The maximum Gasteiger partial charge on any atom is 0.243 e. The van der Waals surface area contributed by atoms with Gasteiger partial charge in [0.05, 0.1) is 4.90 Å². The number of anilines is 1. The molecule has 0 aliphatic rings. The Bertz CT molecular complexity index is 594. The first-order valence-electron chi connectivity index (χ1n) is 7.59. The molecular weight excluding hydrogens is 300 g/mol. The highest BCUT2D eigenvalue weighted by molar-refractivity contribution is 7.89. The van der Waals surface area contributed by atoms with E-state index in [1.165, 1.54) is 16.4 Å². The Hall–Kier alpha value is -1.40. The topological polar surface area (TPSA) is 66.5 Å². The number of sulfonamides is 1. The average molecular weight is 326 g/mol. The number of benzene rings is 1. The van der Waals surface area contributed by atoms with Crippen LogP contribution in [0.1, 0.15) is 40.5 Å². The number of nitrogens with one attached hydrogen (secondary N) is 1. The van der Waals surface area contributed by atoms with Gasteiger partial charge < -0.3 is 5.32 Å². The van der Waals surface area contributed by atoms with Crippen LogP contribution in [0.25, 0.3) is 0 Å². The molecule has 0 heterocycles. The Morgan fingerprint density at radius 1 is 1.18 bits per heavy atom. The zero-order chi connectivity index (χ0) is 16.9. The smallest absolute Gasteiger partial charge is 0.243 e. The van der Waals surface area contributed by atoms with Crippen molar-refractivity contribution in [1.82, 2.24) is 4.31 Å². The lowest BCUT2D eigenvalue weighted by molar-refractivity contribution is -0.119. The predicted molar refractivity (Wildman–Crippen MR) is 89.2 cm³/mol. The monoisotopic (exact) mass is 326 g/mol. The summed E-state index contributed by atoms with van der Waals surface area (Å²) in [6, 6.07) is 6.18. The van der Waals surface area contributed by atoms with Gasteiger partial charge in [-0.1, -0.05) is 20.3 Å². The summed E-state index contributed by atoms with van der Waals surface area (Å²) in [6.07, 6.45) is 1.78. The van der Waals surface area contributed by atoms with E-state index in [2.05, 4.69) is 5.32 Å². The van der Waals surface area contributed by atoms with Crippen molar-refractivity contribution in [2.75, 3.05) is 12.4 Å². The molecule has 0 aliphatic heterocycles. The van der Waals surface area contributed by atoms with E-state index in [0.29, 0.717) is 5.69 Å². The van der Waals surface area contributed by atoms with Gasteiger partial charge in [0.25, 0.3) is 0 Å². The van der Waals surface area contributed by atoms with Crippen molar-refractivity contribution in [2.45, 2.75) is 51.5 Å². The van der Waals surface area contributed by atoms with Crippen molar-refractivity contribution in [3.63, 3.8) is 0 Å². The van der Waals surface area contributed by atoms with Gasteiger partial charge in [-0.05, 0) is 44.5 Å². The molecule has 1 amide bonds. The van der Waals surface area contributed by atoms with Crippen LogP contribution in [0.4, 0.5) is 5.69 Å². The van der Waals surface area contributed by atoms with Crippen LogP contribution < -0.4 is 5.32 Å². The van der Waals surface area contributed by atoms with E-state index < -0.39 is 10.0 Å². The van der Waals surface area contributed by atoms with Crippen molar-refractivity contribution in [2.24, 2.45) is 5.92 Å². The molecule has 6 heteroatoms. The second kappa shape index (κ2) is 7.74. The molecule has 1 N–H and O–H groups in total. The first-order chi connectivity index (χ1) is 10.2. The van der Waals surface area contributed by atoms with Gasteiger partial charge in [0.1, 0.15) is 0 Å². The first kappa shape index (κ1) is 18.6. The van der Waals surface area contributed by atoms with E-state index in [-0.39, 0.29) is 22.8 Å². The van der Waals surface area contributed by atoms with Crippen molar-refractivity contribution in [3.05, 3.63) is 24.3 Å². The second-order valence-corrected chi connectivity index (χ2v) is 7.82. The van der Waals surface area contributed by atoms with Crippen molar-refractivity contribution < 1.29 is 13.2 Å². The van der Waals surface area contributed by atoms with Crippen LogP contribution in [0.5, 0.6) is 0 Å². The fraction of sp³-hybridized carbons (Fsp3) is 0.562. The van der Waals surface area contributed by atoms with Crippen molar-refractivity contribution in [1.29, 1.82) is 0 Å². The second-order valence-electron chi connectivity index (χ2n) is 5.82. The van der Waals surface area contributed by atoms with Crippen LogP contribution in [-0.2, 0) is 14.8 Å². The number of amides is 1. The van der Waals surface area contributed by atoms with Gasteiger partial charge >= 0.3 is 0 Å². The number of rotatable bonds is 7.